The van der Waals surface area contributed by atoms with Gasteiger partial charge in [-0.05, 0) is 25.3 Å². The first-order valence-electron chi connectivity index (χ1n) is 5.58. The highest BCUT2D eigenvalue weighted by atomic mass is 35.5. The Balaban J connectivity index is 2.30. The molecule has 3 nitrogen and oxygen atoms in total. The van der Waals surface area contributed by atoms with Gasteiger partial charge < -0.3 is 4.90 Å². The molecular formula is C12H15ClN2O. The van der Waals surface area contributed by atoms with Crippen LogP contribution in [0, 0.1) is 0 Å². The lowest BCUT2D eigenvalue weighted by molar-refractivity contribution is -0.132. The SMILES string of the molecule is CC(=O)N1CCCCC1c1cccnc1Cl. The fourth-order valence-electron chi connectivity index (χ4n) is 2.28. The molecule has 0 spiro atoms. The summed E-state index contributed by atoms with van der Waals surface area (Å²) in [6.45, 7) is 2.44. The minimum absolute atomic E-state index is 0.104. The molecule has 2 rings (SSSR count). The standard InChI is InChI=1S/C12H15ClN2O/c1-9(16)15-8-3-2-6-11(15)10-5-4-7-14-12(10)13/h4-5,7,11H,2-3,6,8H2,1H3. The van der Waals surface area contributed by atoms with E-state index in [-0.39, 0.29) is 11.9 Å². The van der Waals surface area contributed by atoms with E-state index in [1.54, 1.807) is 13.1 Å². The van der Waals surface area contributed by atoms with Gasteiger partial charge in [0.1, 0.15) is 5.15 Å². The van der Waals surface area contributed by atoms with Gasteiger partial charge in [0.2, 0.25) is 5.91 Å². The summed E-state index contributed by atoms with van der Waals surface area (Å²) in [6.07, 6.45) is 4.87. The Morgan fingerprint density at radius 2 is 2.38 bits per heavy atom. The second-order valence-corrected chi connectivity index (χ2v) is 4.47. The topological polar surface area (TPSA) is 33.2 Å². The molecule has 1 saturated heterocycles. The minimum atomic E-state index is 0.104. The van der Waals surface area contributed by atoms with Gasteiger partial charge in [-0.2, -0.15) is 0 Å². The molecule has 1 amide bonds. The third-order valence-corrected chi connectivity index (χ3v) is 3.37. The van der Waals surface area contributed by atoms with E-state index < -0.39 is 0 Å². The molecule has 2 heterocycles. The molecule has 1 fully saturated rings. The van der Waals surface area contributed by atoms with Crippen LogP contribution in [0.1, 0.15) is 37.8 Å². The highest BCUT2D eigenvalue weighted by Crippen LogP contribution is 2.33. The number of likely N-dealkylation sites (tertiary alicyclic amines) is 1. The van der Waals surface area contributed by atoms with Crippen molar-refractivity contribution in [3.8, 4) is 0 Å². The van der Waals surface area contributed by atoms with Crippen molar-refractivity contribution < 1.29 is 4.79 Å². The van der Waals surface area contributed by atoms with Crippen LogP contribution in [0.3, 0.4) is 0 Å². The molecule has 0 aromatic carbocycles. The van der Waals surface area contributed by atoms with E-state index in [1.165, 1.54) is 0 Å². The van der Waals surface area contributed by atoms with Crippen molar-refractivity contribution in [1.29, 1.82) is 0 Å². The smallest absolute Gasteiger partial charge is 0.219 e. The van der Waals surface area contributed by atoms with Crippen LogP contribution < -0.4 is 0 Å². The number of piperidine rings is 1. The number of carbonyl (C=O) groups excluding carboxylic acids is 1. The van der Waals surface area contributed by atoms with E-state index in [4.69, 9.17) is 11.6 Å². The van der Waals surface area contributed by atoms with Crippen molar-refractivity contribution >= 4 is 17.5 Å². The van der Waals surface area contributed by atoms with Crippen LogP contribution in [0.2, 0.25) is 5.15 Å². The van der Waals surface area contributed by atoms with E-state index in [1.807, 2.05) is 17.0 Å². The number of aromatic nitrogens is 1. The number of rotatable bonds is 1. The van der Waals surface area contributed by atoms with Crippen molar-refractivity contribution in [3.63, 3.8) is 0 Å². The van der Waals surface area contributed by atoms with Crippen molar-refractivity contribution in [2.45, 2.75) is 32.2 Å². The van der Waals surface area contributed by atoms with Gasteiger partial charge in [0, 0.05) is 25.2 Å². The summed E-state index contributed by atoms with van der Waals surface area (Å²) >= 11 is 6.08. The maximum Gasteiger partial charge on any atom is 0.219 e. The summed E-state index contributed by atoms with van der Waals surface area (Å²) < 4.78 is 0. The quantitative estimate of drug-likeness (QED) is 0.705. The largest absolute Gasteiger partial charge is 0.336 e. The third kappa shape index (κ3) is 2.19. The van der Waals surface area contributed by atoms with Crippen LogP contribution in [0.4, 0.5) is 0 Å². The number of hydrogen-bond donors (Lipinski definition) is 0. The van der Waals surface area contributed by atoms with E-state index >= 15 is 0 Å². The van der Waals surface area contributed by atoms with Gasteiger partial charge >= 0.3 is 0 Å². The highest BCUT2D eigenvalue weighted by molar-refractivity contribution is 6.30. The van der Waals surface area contributed by atoms with Crippen LogP contribution >= 0.6 is 11.6 Å². The molecule has 1 unspecified atom stereocenters. The molecule has 4 heteroatoms. The molecule has 1 aromatic heterocycles. The highest BCUT2D eigenvalue weighted by Gasteiger charge is 2.27. The van der Waals surface area contributed by atoms with Gasteiger partial charge in [-0.1, -0.05) is 17.7 Å². The Bertz CT molecular complexity index is 394. The molecule has 1 aliphatic heterocycles. The molecule has 0 saturated carbocycles. The fourth-order valence-corrected chi connectivity index (χ4v) is 2.52. The molecule has 0 N–H and O–H groups in total. The van der Waals surface area contributed by atoms with Gasteiger partial charge in [-0.25, -0.2) is 4.98 Å². The van der Waals surface area contributed by atoms with Gasteiger partial charge in [0.05, 0.1) is 6.04 Å². The second kappa shape index (κ2) is 4.83. The maximum absolute atomic E-state index is 11.6. The summed E-state index contributed by atoms with van der Waals surface area (Å²) in [5.41, 5.74) is 0.971. The lowest BCUT2D eigenvalue weighted by Gasteiger charge is -2.35. The Morgan fingerprint density at radius 3 is 3.06 bits per heavy atom. The van der Waals surface area contributed by atoms with E-state index in [2.05, 4.69) is 4.98 Å². The Hall–Kier alpha value is -1.09. The number of pyridine rings is 1. The predicted octanol–water partition coefficient (Wildman–Crippen LogP) is 2.81. The van der Waals surface area contributed by atoms with Crippen molar-refractivity contribution in [2.24, 2.45) is 0 Å². The van der Waals surface area contributed by atoms with Crippen molar-refractivity contribution in [3.05, 3.63) is 29.0 Å². The first-order chi connectivity index (χ1) is 7.70. The van der Waals surface area contributed by atoms with Crippen LogP contribution in [-0.4, -0.2) is 22.3 Å². The molecular weight excluding hydrogens is 224 g/mol. The third-order valence-electron chi connectivity index (χ3n) is 3.05. The lowest BCUT2D eigenvalue weighted by Crippen LogP contribution is -2.37. The zero-order valence-electron chi connectivity index (χ0n) is 9.32. The molecule has 0 aliphatic carbocycles. The van der Waals surface area contributed by atoms with E-state index in [0.29, 0.717) is 5.15 Å². The first-order valence-corrected chi connectivity index (χ1v) is 5.95. The summed E-state index contributed by atoms with van der Waals surface area (Å²) in [7, 11) is 0. The number of hydrogen-bond acceptors (Lipinski definition) is 2. The molecule has 0 radical (unpaired) electrons. The van der Waals surface area contributed by atoms with Crippen LogP contribution in [0.25, 0.3) is 0 Å². The second-order valence-electron chi connectivity index (χ2n) is 4.11. The van der Waals surface area contributed by atoms with Crippen molar-refractivity contribution in [2.75, 3.05) is 6.54 Å². The molecule has 1 atom stereocenters. The first kappa shape index (κ1) is 11.4. The molecule has 16 heavy (non-hydrogen) atoms. The Labute approximate surface area is 100 Å². The molecule has 1 aromatic rings. The number of carbonyl (C=O) groups is 1. The summed E-state index contributed by atoms with van der Waals surface area (Å²) in [6, 6.07) is 3.93. The zero-order chi connectivity index (χ0) is 11.5. The van der Waals surface area contributed by atoms with Gasteiger partial charge in [0.25, 0.3) is 0 Å². The van der Waals surface area contributed by atoms with E-state index in [0.717, 1.165) is 31.4 Å². The zero-order valence-corrected chi connectivity index (χ0v) is 10.1. The molecule has 0 bridgehead atoms. The minimum Gasteiger partial charge on any atom is -0.336 e. The summed E-state index contributed by atoms with van der Waals surface area (Å²) in [4.78, 5) is 17.5. The normalized spacial score (nSPS) is 20.9. The Morgan fingerprint density at radius 1 is 1.56 bits per heavy atom. The van der Waals surface area contributed by atoms with Crippen LogP contribution in [0.15, 0.2) is 18.3 Å². The number of nitrogens with zero attached hydrogens (tertiary/aromatic N) is 2. The van der Waals surface area contributed by atoms with E-state index in [9.17, 15) is 4.79 Å². The number of amides is 1. The monoisotopic (exact) mass is 238 g/mol. The average molecular weight is 239 g/mol. The predicted molar refractivity (Wildman–Crippen MR) is 63.2 cm³/mol. The maximum atomic E-state index is 11.6. The average Bonchev–Trinajstić information content (AvgIpc) is 2.29. The summed E-state index contributed by atoms with van der Waals surface area (Å²) in [5, 5.41) is 0.514. The number of halogens is 1. The molecule has 1 aliphatic rings. The fraction of sp³-hybridized carbons (Fsp3) is 0.500. The van der Waals surface area contributed by atoms with Gasteiger partial charge in [0.15, 0.2) is 0 Å². The Kier molecular flexibility index (Phi) is 3.44. The van der Waals surface area contributed by atoms with Gasteiger partial charge in [-0.15, -0.1) is 0 Å². The molecule has 86 valence electrons. The van der Waals surface area contributed by atoms with Crippen molar-refractivity contribution in [1.82, 2.24) is 9.88 Å². The van der Waals surface area contributed by atoms with Gasteiger partial charge in [-0.3, -0.25) is 4.79 Å². The lowest BCUT2D eigenvalue weighted by atomic mass is 9.96. The van der Waals surface area contributed by atoms with Crippen LogP contribution in [-0.2, 0) is 4.79 Å². The van der Waals surface area contributed by atoms with Crippen LogP contribution in [0.5, 0.6) is 0 Å². The summed E-state index contributed by atoms with van der Waals surface area (Å²) in [5.74, 6) is 0.115.